The SMILES string of the molecule is Nc1ccncc1C(=O)NC1CCC(O)CC1. The molecule has 0 saturated heterocycles. The van der Waals surface area contributed by atoms with Crippen molar-refractivity contribution in [2.24, 2.45) is 0 Å². The van der Waals surface area contributed by atoms with E-state index in [1.165, 1.54) is 6.20 Å². The van der Waals surface area contributed by atoms with Crippen LogP contribution in [0.2, 0.25) is 0 Å². The molecular formula is C12H17N3O2. The van der Waals surface area contributed by atoms with E-state index in [0.717, 1.165) is 25.7 Å². The maximum atomic E-state index is 11.9. The first-order valence-electron chi connectivity index (χ1n) is 5.85. The maximum absolute atomic E-state index is 11.9. The first kappa shape index (κ1) is 11.9. The van der Waals surface area contributed by atoms with Gasteiger partial charge in [0.05, 0.1) is 11.7 Å². The lowest BCUT2D eigenvalue weighted by atomic mass is 9.93. The first-order chi connectivity index (χ1) is 8.16. The normalized spacial score (nSPS) is 24.3. The van der Waals surface area contributed by atoms with Crippen LogP contribution >= 0.6 is 0 Å². The first-order valence-corrected chi connectivity index (χ1v) is 5.85. The Morgan fingerprint density at radius 2 is 2.12 bits per heavy atom. The highest BCUT2D eigenvalue weighted by molar-refractivity contribution is 5.98. The second kappa shape index (κ2) is 5.14. The van der Waals surface area contributed by atoms with Crippen LogP contribution in [0.4, 0.5) is 5.69 Å². The lowest BCUT2D eigenvalue weighted by Crippen LogP contribution is -2.38. The summed E-state index contributed by atoms with van der Waals surface area (Å²) < 4.78 is 0. The molecule has 2 rings (SSSR count). The largest absolute Gasteiger partial charge is 0.398 e. The number of nitrogen functional groups attached to an aromatic ring is 1. The standard InChI is InChI=1S/C12H17N3O2/c13-11-5-6-14-7-10(11)12(17)15-8-1-3-9(16)4-2-8/h5-9,16H,1-4H2,(H2,13,14)(H,15,17). The lowest BCUT2D eigenvalue weighted by molar-refractivity contribution is 0.0868. The lowest BCUT2D eigenvalue weighted by Gasteiger charge is -2.26. The van der Waals surface area contributed by atoms with Crippen molar-refractivity contribution in [3.05, 3.63) is 24.0 Å². The number of nitrogens with zero attached hydrogens (tertiary/aromatic N) is 1. The number of rotatable bonds is 2. The second-order valence-electron chi connectivity index (χ2n) is 4.44. The molecule has 0 radical (unpaired) electrons. The van der Waals surface area contributed by atoms with Crippen molar-refractivity contribution in [3.8, 4) is 0 Å². The summed E-state index contributed by atoms with van der Waals surface area (Å²) in [6.45, 7) is 0. The third kappa shape index (κ3) is 2.94. The number of amides is 1. The molecular weight excluding hydrogens is 218 g/mol. The molecule has 1 saturated carbocycles. The summed E-state index contributed by atoms with van der Waals surface area (Å²) in [5.41, 5.74) is 6.56. The van der Waals surface area contributed by atoms with E-state index in [1.807, 2.05) is 0 Å². The minimum Gasteiger partial charge on any atom is -0.398 e. The zero-order valence-electron chi connectivity index (χ0n) is 9.60. The van der Waals surface area contributed by atoms with Gasteiger partial charge in [0.1, 0.15) is 0 Å². The highest BCUT2D eigenvalue weighted by Crippen LogP contribution is 2.19. The van der Waals surface area contributed by atoms with E-state index in [0.29, 0.717) is 11.3 Å². The Hall–Kier alpha value is -1.62. The Balaban J connectivity index is 1.96. The number of anilines is 1. The Morgan fingerprint density at radius 1 is 1.41 bits per heavy atom. The van der Waals surface area contributed by atoms with Gasteiger partial charge in [-0.05, 0) is 31.7 Å². The molecule has 1 aliphatic carbocycles. The summed E-state index contributed by atoms with van der Waals surface area (Å²) in [7, 11) is 0. The van der Waals surface area contributed by atoms with Crippen molar-refractivity contribution < 1.29 is 9.90 Å². The third-order valence-electron chi connectivity index (χ3n) is 3.13. The zero-order valence-corrected chi connectivity index (χ0v) is 9.60. The highest BCUT2D eigenvalue weighted by atomic mass is 16.3. The highest BCUT2D eigenvalue weighted by Gasteiger charge is 2.21. The van der Waals surface area contributed by atoms with E-state index >= 15 is 0 Å². The number of nitrogens with two attached hydrogens (primary N) is 1. The smallest absolute Gasteiger partial charge is 0.255 e. The van der Waals surface area contributed by atoms with E-state index in [2.05, 4.69) is 10.3 Å². The Kier molecular flexibility index (Phi) is 3.58. The van der Waals surface area contributed by atoms with Gasteiger partial charge in [0.25, 0.3) is 5.91 Å². The number of pyridine rings is 1. The fourth-order valence-electron chi connectivity index (χ4n) is 2.08. The van der Waals surface area contributed by atoms with E-state index in [9.17, 15) is 9.90 Å². The molecule has 1 aromatic heterocycles. The van der Waals surface area contributed by atoms with Gasteiger partial charge in [-0.2, -0.15) is 0 Å². The van der Waals surface area contributed by atoms with Crippen LogP contribution in [-0.2, 0) is 0 Å². The van der Waals surface area contributed by atoms with Gasteiger partial charge in [-0.15, -0.1) is 0 Å². The number of aromatic nitrogens is 1. The molecule has 1 fully saturated rings. The fraction of sp³-hybridized carbons (Fsp3) is 0.500. The minimum absolute atomic E-state index is 0.130. The van der Waals surface area contributed by atoms with Crippen LogP contribution in [0.25, 0.3) is 0 Å². The second-order valence-corrected chi connectivity index (χ2v) is 4.44. The molecule has 0 unspecified atom stereocenters. The van der Waals surface area contributed by atoms with Gasteiger partial charge in [-0.3, -0.25) is 9.78 Å². The number of carbonyl (C=O) groups excluding carboxylic acids is 1. The number of hydrogen-bond donors (Lipinski definition) is 3. The number of hydrogen-bond acceptors (Lipinski definition) is 4. The van der Waals surface area contributed by atoms with E-state index < -0.39 is 0 Å². The molecule has 1 aromatic rings. The monoisotopic (exact) mass is 235 g/mol. The van der Waals surface area contributed by atoms with Crippen molar-refractivity contribution in [3.63, 3.8) is 0 Å². The van der Waals surface area contributed by atoms with Gasteiger partial charge in [-0.1, -0.05) is 0 Å². The van der Waals surface area contributed by atoms with Crippen molar-refractivity contribution >= 4 is 11.6 Å². The van der Waals surface area contributed by atoms with Crippen molar-refractivity contribution in [1.29, 1.82) is 0 Å². The minimum atomic E-state index is -0.216. The van der Waals surface area contributed by atoms with Gasteiger partial charge < -0.3 is 16.2 Å². The van der Waals surface area contributed by atoms with Crippen LogP contribution in [0, 0.1) is 0 Å². The Bertz CT molecular complexity index is 400. The third-order valence-corrected chi connectivity index (χ3v) is 3.13. The molecule has 0 atom stereocenters. The predicted octanol–water partition coefficient (Wildman–Crippen LogP) is 0.697. The molecule has 4 N–H and O–H groups in total. The predicted molar refractivity (Wildman–Crippen MR) is 64.4 cm³/mol. The molecule has 1 aliphatic rings. The van der Waals surface area contributed by atoms with Gasteiger partial charge in [0.15, 0.2) is 0 Å². The molecule has 0 aliphatic heterocycles. The van der Waals surface area contributed by atoms with Crippen LogP contribution in [0.5, 0.6) is 0 Å². The quantitative estimate of drug-likeness (QED) is 0.704. The molecule has 17 heavy (non-hydrogen) atoms. The summed E-state index contributed by atoms with van der Waals surface area (Å²) in [4.78, 5) is 15.8. The fourth-order valence-corrected chi connectivity index (χ4v) is 2.08. The summed E-state index contributed by atoms with van der Waals surface area (Å²) >= 11 is 0. The summed E-state index contributed by atoms with van der Waals surface area (Å²) in [5, 5.41) is 12.3. The average molecular weight is 235 g/mol. The van der Waals surface area contributed by atoms with E-state index in [1.54, 1.807) is 12.3 Å². The molecule has 5 heteroatoms. The Morgan fingerprint density at radius 3 is 2.76 bits per heavy atom. The summed E-state index contributed by atoms with van der Waals surface area (Å²) in [5.74, 6) is -0.183. The number of aliphatic hydroxyl groups excluding tert-OH is 1. The van der Waals surface area contributed by atoms with Crippen molar-refractivity contribution in [2.45, 2.75) is 37.8 Å². The number of nitrogens with one attached hydrogen (secondary N) is 1. The topological polar surface area (TPSA) is 88.2 Å². The van der Waals surface area contributed by atoms with E-state index in [4.69, 9.17) is 5.73 Å². The molecule has 1 heterocycles. The number of aliphatic hydroxyl groups is 1. The van der Waals surface area contributed by atoms with Gasteiger partial charge in [-0.25, -0.2) is 0 Å². The molecule has 5 nitrogen and oxygen atoms in total. The van der Waals surface area contributed by atoms with Crippen molar-refractivity contribution in [2.75, 3.05) is 5.73 Å². The van der Waals surface area contributed by atoms with Crippen LogP contribution in [0.1, 0.15) is 36.0 Å². The Labute approximate surface area is 100 Å². The van der Waals surface area contributed by atoms with E-state index in [-0.39, 0.29) is 18.1 Å². The molecule has 92 valence electrons. The molecule has 0 spiro atoms. The molecule has 0 aromatic carbocycles. The maximum Gasteiger partial charge on any atom is 0.255 e. The summed E-state index contributed by atoms with van der Waals surface area (Å²) in [6.07, 6.45) is 5.93. The average Bonchev–Trinajstić information content (AvgIpc) is 2.32. The molecule has 0 bridgehead atoms. The van der Waals surface area contributed by atoms with Crippen LogP contribution in [0.3, 0.4) is 0 Å². The van der Waals surface area contributed by atoms with Crippen LogP contribution < -0.4 is 11.1 Å². The van der Waals surface area contributed by atoms with Crippen LogP contribution in [0.15, 0.2) is 18.5 Å². The van der Waals surface area contributed by atoms with Gasteiger partial charge >= 0.3 is 0 Å². The molecule has 1 amide bonds. The van der Waals surface area contributed by atoms with Gasteiger partial charge in [0.2, 0.25) is 0 Å². The van der Waals surface area contributed by atoms with Gasteiger partial charge in [0, 0.05) is 24.1 Å². The number of carbonyl (C=O) groups is 1. The van der Waals surface area contributed by atoms with Crippen molar-refractivity contribution in [1.82, 2.24) is 10.3 Å². The van der Waals surface area contributed by atoms with Crippen LogP contribution in [-0.4, -0.2) is 28.1 Å². The summed E-state index contributed by atoms with van der Waals surface area (Å²) in [6, 6.07) is 1.74. The zero-order chi connectivity index (χ0) is 12.3.